The summed E-state index contributed by atoms with van der Waals surface area (Å²) in [4.78, 5) is 23.8. The number of esters is 2. The number of rotatable bonds is 4. The molecular formula is C14H16O4. The van der Waals surface area contributed by atoms with Crippen LogP contribution in [-0.4, -0.2) is 25.2 Å². The molecule has 0 bridgehead atoms. The molecule has 96 valence electrons. The van der Waals surface area contributed by atoms with Crippen molar-refractivity contribution in [3.63, 3.8) is 0 Å². The van der Waals surface area contributed by atoms with Crippen molar-refractivity contribution in [2.75, 3.05) is 13.2 Å². The molecule has 1 aromatic carbocycles. The molecule has 2 unspecified atom stereocenters. The topological polar surface area (TPSA) is 52.6 Å². The highest BCUT2D eigenvalue weighted by molar-refractivity contribution is 5.95. The Morgan fingerprint density at radius 2 is 1.33 bits per heavy atom. The molecule has 0 saturated heterocycles. The maximum atomic E-state index is 11.9. The third-order valence-electron chi connectivity index (χ3n) is 3.08. The zero-order valence-electron chi connectivity index (χ0n) is 10.5. The highest BCUT2D eigenvalue weighted by Gasteiger charge is 2.48. The molecule has 0 fully saturated rings. The average molecular weight is 248 g/mol. The molecule has 0 radical (unpaired) electrons. The van der Waals surface area contributed by atoms with Crippen molar-refractivity contribution < 1.29 is 19.1 Å². The van der Waals surface area contributed by atoms with E-state index in [1.807, 2.05) is 24.3 Å². The van der Waals surface area contributed by atoms with E-state index in [9.17, 15) is 9.59 Å². The summed E-state index contributed by atoms with van der Waals surface area (Å²) in [6, 6.07) is 7.41. The molecule has 0 amide bonds. The fourth-order valence-electron chi connectivity index (χ4n) is 2.33. The van der Waals surface area contributed by atoms with Gasteiger partial charge in [0.2, 0.25) is 0 Å². The van der Waals surface area contributed by atoms with Crippen molar-refractivity contribution in [2.24, 2.45) is 0 Å². The Morgan fingerprint density at radius 3 is 1.67 bits per heavy atom. The van der Waals surface area contributed by atoms with Gasteiger partial charge < -0.3 is 9.47 Å². The first-order valence-electron chi connectivity index (χ1n) is 6.12. The summed E-state index contributed by atoms with van der Waals surface area (Å²) in [6.07, 6.45) is 0. The van der Waals surface area contributed by atoms with Crippen molar-refractivity contribution in [3.05, 3.63) is 35.4 Å². The van der Waals surface area contributed by atoms with E-state index in [0.29, 0.717) is 13.2 Å². The molecule has 1 aliphatic rings. The number of carbonyl (C=O) groups is 2. The average Bonchev–Trinajstić information content (AvgIpc) is 2.31. The smallest absolute Gasteiger partial charge is 0.314 e. The molecular weight excluding hydrogens is 232 g/mol. The Bertz CT molecular complexity index is 424. The van der Waals surface area contributed by atoms with Gasteiger partial charge in [0.15, 0.2) is 0 Å². The van der Waals surface area contributed by atoms with E-state index in [4.69, 9.17) is 9.47 Å². The van der Waals surface area contributed by atoms with Crippen molar-refractivity contribution in [1.82, 2.24) is 0 Å². The molecule has 2 atom stereocenters. The fourth-order valence-corrected chi connectivity index (χ4v) is 2.33. The molecule has 0 spiro atoms. The summed E-state index contributed by atoms with van der Waals surface area (Å²) in [6.45, 7) is 4.13. The van der Waals surface area contributed by atoms with Crippen LogP contribution in [0.2, 0.25) is 0 Å². The van der Waals surface area contributed by atoms with E-state index in [1.54, 1.807) is 13.8 Å². The fraction of sp³-hybridized carbons (Fsp3) is 0.429. The zero-order chi connectivity index (χ0) is 13.1. The highest BCUT2D eigenvalue weighted by atomic mass is 16.5. The molecule has 18 heavy (non-hydrogen) atoms. The Labute approximate surface area is 106 Å². The molecule has 0 heterocycles. The van der Waals surface area contributed by atoms with Gasteiger partial charge in [0.25, 0.3) is 0 Å². The summed E-state index contributed by atoms with van der Waals surface area (Å²) >= 11 is 0. The second-order valence-electron chi connectivity index (χ2n) is 4.09. The molecule has 4 nitrogen and oxygen atoms in total. The first kappa shape index (κ1) is 12.6. The van der Waals surface area contributed by atoms with Gasteiger partial charge in [-0.05, 0) is 25.0 Å². The van der Waals surface area contributed by atoms with Crippen LogP contribution in [0.4, 0.5) is 0 Å². The van der Waals surface area contributed by atoms with Gasteiger partial charge in [0, 0.05) is 0 Å². The summed E-state index contributed by atoms with van der Waals surface area (Å²) < 4.78 is 10.0. The predicted molar refractivity (Wildman–Crippen MR) is 65.2 cm³/mol. The number of fused-ring (bicyclic) bond motifs is 1. The lowest BCUT2D eigenvalue weighted by molar-refractivity contribution is -0.155. The van der Waals surface area contributed by atoms with Gasteiger partial charge >= 0.3 is 11.9 Å². The predicted octanol–water partition coefficient (Wildman–Crippen LogP) is 1.99. The van der Waals surface area contributed by atoms with Gasteiger partial charge in [-0.2, -0.15) is 0 Å². The quantitative estimate of drug-likeness (QED) is 0.765. The van der Waals surface area contributed by atoms with Crippen molar-refractivity contribution in [3.8, 4) is 0 Å². The second kappa shape index (κ2) is 5.21. The van der Waals surface area contributed by atoms with E-state index in [1.165, 1.54) is 0 Å². The minimum Gasteiger partial charge on any atom is -0.465 e. The molecule has 0 N–H and O–H groups in total. The van der Waals surface area contributed by atoms with E-state index in [0.717, 1.165) is 11.1 Å². The molecule has 0 aliphatic heterocycles. The van der Waals surface area contributed by atoms with Gasteiger partial charge in [-0.25, -0.2) is 0 Å². The summed E-state index contributed by atoms with van der Waals surface area (Å²) in [5, 5.41) is 0. The van der Waals surface area contributed by atoms with E-state index < -0.39 is 11.8 Å². The summed E-state index contributed by atoms with van der Waals surface area (Å²) in [5.41, 5.74) is 1.74. The van der Waals surface area contributed by atoms with Gasteiger partial charge in [0.1, 0.15) is 0 Å². The van der Waals surface area contributed by atoms with Gasteiger partial charge in [-0.15, -0.1) is 0 Å². The number of hydrogen-bond donors (Lipinski definition) is 0. The molecule has 4 heteroatoms. The number of benzene rings is 1. The van der Waals surface area contributed by atoms with E-state index in [-0.39, 0.29) is 11.9 Å². The molecule has 0 saturated carbocycles. The molecule has 2 rings (SSSR count). The van der Waals surface area contributed by atoms with Crippen LogP contribution in [0.5, 0.6) is 0 Å². The lowest BCUT2D eigenvalue weighted by atomic mass is 9.68. The van der Waals surface area contributed by atoms with Crippen LogP contribution < -0.4 is 0 Å². The van der Waals surface area contributed by atoms with Crippen LogP contribution in [0.15, 0.2) is 24.3 Å². The maximum absolute atomic E-state index is 11.9. The highest BCUT2D eigenvalue weighted by Crippen LogP contribution is 2.47. The monoisotopic (exact) mass is 248 g/mol. The van der Waals surface area contributed by atoms with Crippen LogP contribution in [0.3, 0.4) is 0 Å². The number of hydrogen-bond acceptors (Lipinski definition) is 4. The first-order chi connectivity index (χ1) is 8.70. The van der Waals surface area contributed by atoms with E-state index in [2.05, 4.69) is 0 Å². The van der Waals surface area contributed by atoms with E-state index >= 15 is 0 Å². The second-order valence-corrected chi connectivity index (χ2v) is 4.09. The number of carbonyl (C=O) groups excluding carboxylic acids is 2. The van der Waals surface area contributed by atoms with Crippen LogP contribution in [0.1, 0.15) is 36.8 Å². The number of ether oxygens (including phenoxy) is 2. The third kappa shape index (κ3) is 1.98. The minimum absolute atomic E-state index is 0.313. The van der Waals surface area contributed by atoms with Crippen LogP contribution in [0, 0.1) is 0 Å². The minimum atomic E-state index is -0.514. The lowest BCUT2D eigenvalue weighted by Gasteiger charge is -2.35. The van der Waals surface area contributed by atoms with Gasteiger partial charge in [-0.1, -0.05) is 24.3 Å². The van der Waals surface area contributed by atoms with Gasteiger partial charge in [-0.3, -0.25) is 9.59 Å². The SMILES string of the molecule is CCOC(=O)C1c2ccccc2C1C(=O)OCC. The molecule has 1 aromatic rings. The Kier molecular flexibility index (Phi) is 3.65. The zero-order valence-corrected chi connectivity index (χ0v) is 10.5. The largest absolute Gasteiger partial charge is 0.465 e. The van der Waals surface area contributed by atoms with Gasteiger partial charge in [0.05, 0.1) is 25.0 Å². The molecule has 0 aromatic heterocycles. The van der Waals surface area contributed by atoms with Crippen molar-refractivity contribution >= 4 is 11.9 Å². The Balaban J connectivity index is 2.27. The van der Waals surface area contributed by atoms with Crippen LogP contribution >= 0.6 is 0 Å². The first-order valence-corrected chi connectivity index (χ1v) is 6.12. The standard InChI is InChI=1S/C14H16O4/c1-3-17-13(15)11-9-7-5-6-8-10(9)12(11)14(16)18-4-2/h5-8,11-12H,3-4H2,1-2H3. The third-order valence-corrected chi connectivity index (χ3v) is 3.08. The van der Waals surface area contributed by atoms with Crippen molar-refractivity contribution in [1.29, 1.82) is 0 Å². The lowest BCUT2D eigenvalue weighted by Crippen LogP contribution is -2.37. The molecule has 1 aliphatic carbocycles. The summed E-state index contributed by atoms with van der Waals surface area (Å²) in [5.74, 6) is -1.73. The maximum Gasteiger partial charge on any atom is 0.314 e. The normalized spacial score (nSPS) is 20.6. The Hall–Kier alpha value is -1.84. The van der Waals surface area contributed by atoms with Crippen molar-refractivity contribution in [2.45, 2.75) is 25.7 Å². The van der Waals surface area contributed by atoms with Crippen LogP contribution in [0.25, 0.3) is 0 Å². The Morgan fingerprint density at radius 1 is 0.944 bits per heavy atom. The van der Waals surface area contributed by atoms with Crippen LogP contribution in [-0.2, 0) is 19.1 Å². The summed E-state index contributed by atoms with van der Waals surface area (Å²) in [7, 11) is 0.